The number of ether oxygens (including phenoxy) is 1. The number of hydrogen-bond acceptors (Lipinski definition) is 2. The van der Waals surface area contributed by atoms with E-state index in [4.69, 9.17) is 9.73 Å². The van der Waals surface area contributed by atoms with Gasteiger partial charge in [0, 0.05) is 38.0 Å². The minimum Gasteiger partial charge on any atom is -0.374 e. The van der Waals surface area contributed by atoms with Crippen LogP contribution in [0.1, 0.15) is 33.6 Å². The quantitative estimate of drug-likeness (QED) is 0.623. The van der Waals surface area contributed by atoms with E-state index in [1.165, 1.54) is 12.8 Å². The molecule has 3 fully saturated rings. The highest BCUT2D eigenvalue weighted by atomic mass is 16.5. The monoisotopic (exact) mass is 265 g/mol. The minimum atomic E-state index is 0.535. The molecule has 1 N–H and O–H groups in total. The maximum atomic E-state index is 6.04. The first kappa shape index (κ1) is 13.2. The van der Waals surface area contributed by atoms with Crippen molar-refractivity contribution in [1.29, 1.82) is 0 Å². The highest BCUT2D eigenvalue weighted by Gasteiger charge is 2.53. The molecule has 4 nitrogen and oxygen atoms in total. The normalized spacial score (nSPS) is 37.3. The van der Waals surface area contributed by atoms with Gasteiger partial charge in [-0.1, -0.05) is 13.8 Å². The van der Waals surface area contributed by atoms with Gasteiger partial charge in [-0.15, -0.1) is 0 Å². The van der Waals surface area contributed by atoms with E-state index in [2.05, 4.69) is 31.0 Å². The van der Waals surface area contributed by atoms with Gasteiger partial charge in [0.05, 0.1) is 12.2 Å². The number of fused-ring (bicyclic) bond motifs is 5. The van der Waals surface area contributed by atoms with Crippen molar-refractivity contribution >= 4 is 5.96 Å². The van der Waals surface area contributed by atoms with E-state index >= 15 is 0 Å². The molecular weight excluding hydrogens is 238 g/mol. The number of likely N-dealkylation sites (tertiary alicyclic amines) is 1. The summed E-state index contributed by atoms with van der Waals surface area (Å²) in [5, 5.41) is 3.45. The van der Waals surface area contributed by atoms with E-state index in [0.29, 0.717) is 18.1 Å². The van der Waals surface area contributed by atoms with Gasteiger partial charge in [0.1, 0.15) is 0 Å². The highest BCUT2D eigenvalue weighted by Crippen LogP contribution is 2.47. The number of guanidine groups is 1. The molecule has 3 rings (SSSR count). The van der Waals surface area contributed by atoms with Crippen LogP contribution < -0.4 is 5.32 Å². The lowest BCUT2D eigenvalue weighted by Gasteiger charge is -2.23. The zero-order valence-electron chi connectivity index (χ0n) is 12.4. The fourth-order valence-corrected chi connectivity index (χ4v) is 3.83. The summed E-state index contributed by atoms with van der Waals surface area (Å²) < 4.78 is 6.04. The zero-order valence-corrected chi connectivity index (χ0v) is 12.4. The van der Waals surface area contributed by atoms with Crippen LogP contribution in [0.15, 0.2) is 4.99 Å². The number of hydrogen-bond donors (Lipinski definition) is 1. The number of nitrogens with zero attached hydrogens (tertiary/aromatic N) is 2. The molecule has 0 saturated carbocycles. The summed E-state index contributed by atoms with van der Waals surface area (Å²) in [7, 11) is 0. The van der Waals surface area contributed by atoms with E-state index in [1.54, 1.807) is 0 Å². The Labute approximate surface area is 116 Å². The maximum Gasteiger partial charge on any atom is 0.193 e. The summed E-state index contributed by atoms with van der Waals surface area (Å²) in [5.41, 5.74) is 0. The molecule has 108 valence electrons. The SMILES string of the molecule is CCNC(=NCC(C)C)N1CC2C3CCC(O3)C2C1. The molecule has 3 aliphatic heterocycles. The summed E-state index contributed by atoms with van der Waals surface area (Å²) in [6, 6.07) is 0. The fourth-order valence-electron chi connectivity index (χ4n) is 3.83. The average molecular weight is 265 g/mol. The molecule has 4 heteroatoms. The van der Waals surface area contributed by atoms with Crippen LogP contribution in [-0.2, 0) is 4.74 Å². The second-order valence-electron chi connectivity index (χ2n) is 6.61. The number of nitrogens with one attached hydrogen (secondary N) is 1. The van der Waals surface area contributed by atoms with E-state index in [-0.39, 0.29) is 0 Å². The van der Waals surface area contributed by atoms with Gasteiger partial charge in [0.25, 0.3) is 0 Å². The largest absolute Gasteiger partial charge is 0.374 e. The Kier molecular flexibility index (Phi) is 3.70. The van der Waals surface area contributed by atoms with Crippen LogP contribution in [-0.4, -0.2) is 49.2 Å². The summed E-state index contributed by atoms with van der Waals surface area (Å²) >= 11 is 0. The summed E-state index contributed by atoms with van der Waals surface area (Å²) in [6.07, 6.45) is 3.62. The summed E-state index contributed by atoms with van der Waals surface area (Å²) in [4.78, 5) is 7.25. The molecule has 4 atom stereocenters. The molecular formula is C15H27N3O. The second kappa shape index (κ2) is 5.31. The standard InChI is InChI=1S/C15H27N3O/c1-4-16-15(17-7-10(2)3)18-8-11-12(9-18)14-6-5-13(11)19-14/h10-14H,4-9H2,1-3H3,(H,16,17). The molecule has 0 amide bonds. The van der Waals surface area contributed by atoms with Crippen LogP contribution in [0.5, 0.6) is 0 Å². The molecule has 3 saturated heterocycles. The first-order valence-corrected chi connectivity index (χ1v) is 7.87. The van der Waals surface area contributed by atoms with Gasteiger partial charge in [-0.3, -0.25) is 4.99 Å². The molecule has 0 spiro atoms. The van der Waals surface area contributed by atoms with Crippen molar-refractivity contribution in [2.75, 3.05) is 26.2 Å². The third-order valence-corrected chi connectivity index (χ3v) is 4.69. The van der Waals surface area contributed by atoms with Crippen molar-refractivity contribution in [1.82, 2.24) is 10.2 Å². The van der Waals surface area contributed by atoms with Crippen molar-refractivity contribution in [3.8, 4) is 0 Å². The van der Waals surface area contributed by atoms with Crippen molar-refractivity contribution in [2.45, 2.75) is 45.8 Å². The van der Waals surface area contributed by atoms with Gasteiger partial charge in [0.15, 0.2) is 5.96 Å². The predicted molar refractivity (Wildman–Crippen MR) is 77.3 cm³/mol. The van der Waals surface area contributed by atoms with Crippen LogP contribution in [0, 0.1) is 17.8 Å². The average Bonchev–Trinajstić information content (AvgIpc) is 3.04. The van der Waals surface area contributed by atoms with Gasteiger partial charge in [0.2, 0.25) is 0 Å². The molecule has 0 radical (unpaired) electrons. The predicted octanol–water partition coefficient (Wildman–Crippen LogP) is 1.72. The van der Waals surface area contributed by atoms with Gasteiger partial charge < -0.3 is 15.0 Å². The van der Waals surface area contributed by atoms with Crippen molar-refractivity contribution in [3.05, 3.63) is 0 Å². The molecule has 3 heterocycles. The Bertz CT molecular complexity index is 337. The summed E-state index contributed by atoms with van der Waals surface area (Å²) in [6.45, 7) is 10.7. The number of aliphatic imine (C=N–C) groups is 1. The molecule has 0 aromatic rings. The third kappa shape index (κ3) is 2.47. The van der Waals surface area contributed by atoms with Crippen LogP contribution >= 0.6 is 0 Å². The maximum absolute atomic E-state index is 6.04. The Balaban J connectivity index is 1.66. The summed E-state index contributed by atoms with van der Waals surface area (Å²) in [5.74, 6) is 3.24. The van der Waals surface area contributed by atoms with Crippen LogP contribution in [0.3, 0.4) is 0 Å². The van der Waals surface area contributed by atoms with Crippen molar-refractivity contribution in [3.63, 3.8) is 0 Å². The van der Waals surface area contributed by atoms with Gasteiger partial charge in [-0.25, -0.2) is 0 Å². The molecule has 3 aliphatic rings. The molecule has 4 unspecified atom stereocenters. The smallest absolute Gasteiger partial charge is 0.193 e. The fraction of sp³-hybridized carbons (Fsp3) is 0.933. The zero-order chi connectivity index (χ0) is 13.4. The lowest BCUT2D eigenvalue weighted by Crippen LogP contribution is -2.41. The first-order chi connectivity index (χ1) is 9.19. The topological polar surface area (TPSA) is 36.9 Å². The lowest BCUT2D eigenvalue weighted by molar-refractivity contribution is 0.0767. The number of rotatable bonds is 3. The van der Waals surface area contributed by atoms with E-state index in [0.717, 1.165) is 44.0 Å². The Hall–Kier alpha value is -0.770. The van der Waals surface area contributed by atoms with E-state index in [9.17, 15) is 0 Å². The van der Waals surface area contributed by atoms with E-state index < -0.39 is 0 Å². The van der Waals surface area contributed by atoms with Crippen molar-refractivity contribution < 1.29 is 4.74 Å². The van der Waals surface area contributed by atoms with Gasteiger partial charge in [-0.2, -0.15) is 0 Å². The Morgan fingerprint density at radius 3 is 2.42 bits per heavy atom. The minimum absolute atomic E-state index is 0.535. The van der Waals surface area contributed by atoms with Crippen LogP contribution in [0.25, 0.3) is 0 Å². The van der Waals surface area contributed by atoms with Crippen molar-refractivity contribution in [2.24, 2.45) is 22.7 Å². The van der Waals surface area contributed by atoms with Crippen LogP contribution in [0.4, 0.5) is 0 Å². The molecule has 0 aromatic heterocycles. The third-order valence-electron chi connectivity index (χ3n) is 4.69. The van der Waals surface area contributed by atoms with Gasteiger partial charge in [-0.05, 0) is 25.7 Å². The van der Waals surface area contributed by atoms with Gasteiger partial charge >= 0.3 is 0 Å². The highest BCUT2D eigenvalue weighted by molar-refractivity contribution is 5.80. The molecule has 0 aromatic carbocycles. The lowest BCUT2D eigenvalue weighted by atomic mass is 9.82. The first-order valence-electron chi connectivity index (χ1n) is 7.87. The van der Waals surface area contributed by atoms with Crippen LogP contribution in [0.2, 0.25) is 0 Å². The molecule has 0 aliphatic carbocycles. The Morgan fingerprint density at radius 1 is 1.26 bits per heavy atom. The molecule has 2 bridgehead atoms. The molecule has 19 heavy (non-hydrogen) atoms. The van der Waals surface area contributed by atoms with E-state index in [1.807, 2.05) is 0 Å². The second-order valence-corrected chi connectivity index (χ2v) is 6.61. The Morgan fingerprint density at radius 2 is 1.89 bits per heavy atom.